The van der Waals surface area contributed by atoms with Gasteiger partial charge in [-0.3, -0.25) is 9.59 Å². The minimum atomic E-state index is -0.317. The second-order valence-corrected chi connectivity index (χ2v) is 9.80. The van der Waals surface area contributed by atoms with Crippen molar-refractivity contribution in [3.8, 4) is 5.75 Å². The van der Waals surface area contributed by atoms with Crippen LogP contribution in [-0.4, -0.2) is 28.2 Å². The van der Waals surface area contributed by atoms with Crippen molar-refractivity contribution in [2.45, 2.75) is 32.5 Å². The zero-order valence-corrected chi connectivity index (χ0v) is 21.1. The first kappa shape index (κ1) is 24.6. The van der Waals surface area contributed by atoms with Gasteiger partial charge in [-0.25, -0.2) is 9.37 Å². The van der Waals surface area contributed by atoms with Crippen LogP contribution in [0.2, 0.25) is 0 Å². The molecule has 0 aliphatic carbocycles. The number of benzene rings is 3. The SMILES string of the molecule is CC(=O)N1CCc2ccc(OCc3nc(C(=O)NCc4ccccc4)cs3)cc2C1c1ccc(F)cc1. The molecule has 1 aliphatic rings. The fraction of sp³-hybridized carbons (Fsp3) is 0.207. The molecule has 0 bridgehead atoms. The van der Waals surface area contributed by atoms with Crippen molar-refractivity contribution in [1.82, 2.24) is 15.2 Å². The van der Waals surface area contributed by atoms with E-state index in [1.165, 1.54) is 23.5 Å². The lowest BCUT2D eigenvalue weighted by atomic mass is 9.88. The van der Waals surface area contributed by atoms with E-state index in [-0.39, 0.29) is 30.3 Å². The minimum Gasteiger partial charge on any atom is -0.486 e. The van der Waals surface area contributed by atoms with Crippen molar-refractivity contribution in [2.24, 2.45) is 0 Å². The molecule has 2 amide bonds. The summed E-state index contributed by atoms with van der Waals surface area (Å²) in [7, 11) is 0. The lowest BCUT2D eigenvalue weighted by Crippen LogP contribution is -2.39. The molecule has 0 spiro atoms. The number of hydrogen-bond acceptors (Lipinski definition) is 5. The average molecular weight is 516 g/mol. The number of halogens is 1. The highest BCUT2D eigenvalue weighted by molar-refractivity contribution is 7.09. The molecule has 0 saturated carbocycles. The summed E-state index contributed by atoms with van der Waals surface area (Å²) in [6.07, 6.45) is 0.737. The maximum atomic E-state index is 13.6. The van der Waals surface area contributed by atoms with Crippen molar-refractivity contribution in [3.63, 3.8) is 0 Å². The largest absolute Gasteiger partial charge is 0.486 e. The molecule has 8 heteroatoms. The smallest absolute Gasteiger partial charge is 0.271 e. The van der Waals surface area contributed by atoms with Crippen LogP contribution >= 0.6 is 11.3 Å². The first-order chi connectivity index (χ1) is 18.0. The number of fused-ring (bicyclic) bond motifs is 1. The molecule has 4 aromatic rings. The van der Waals surface area contributed by atoms with E-state index in [4.69, 9.17) is 4.74 Å². The second kappa shape index (κ2) is 10.9. The summed E-state index contributed by atoms with van der Waals surface area (Å²) >= 11 is 1.37. The van der Waals surface area contributed by atoms with Gasteiger partial charge in [0.1, 0.15) is 28.9 Å². The van der Waals surface area contributed by atoms with Gasteiger partial charge in [-0.05, 0) is 52.9 Å². The summed E-state index contributed by atoms with van der Waals surface area (Å²) in [6.45, 7) is 2.80. The van der Waals surface area contributed by atoms with Crippen LogP contribution in [0.5, 0.6) is 5.75 Å². The van der Waals surface area contributed by atoms with Crippen LogP contribution in [-0.2, 0) is 24.4 Å². The summed E-state index contributed by atoms with van der Waals surface area (Å²) < 4.78 is 19.6. The maximum Gasteiger partial charge on any atom is 0.271 e. The Hall–Kier alpha value is -4.04. The standard InChI is InChI=1S/C29H26FN3O3S/c1-19(34)33-14-13-21-9-12-24(15-25(21)28(33)22-7-10-23(30)11-8-22)36-17-27-32-26(18-37-27)29(35)31-16-20-5-3-2-4-6-20/h2-12,15,18,28H,13-14,16-17H2,1H3,(H,31,35). The number of thiazole rings is 1. The first-order valence-electron chi connectivity index (χ1n) is 12.0. The summed E-state index contributed by atoms with van der Waals surface area (Å²) in [5.41, 5.74) is 4.32. The van der Waals surface area contributed by atoms with Gasteiger partial charge >= 0.3 is 0 Å². The van der Waals surface area contributed by atoms with Crippen LogP contribution in [0.4, 0.5) is 4.39 Å². The van der Waals surface area contributed by atoms with Gasteiger partial charge < -0.3 is 15.0 Å². The minimum absolute atomic E-state index is 0.0350. The van der Waals surface area contributed by atoms with E-state index >= 15 is 0 Å². The Bertz CT molecular complexity index is 1410. The Morgan fingerprint density at radius 2 is 1.89 bits per heavy atom. The highest BCUT2D eigenvalue weighted by atomic mass is 32.1. The molecular formula is C29H26FN3O3S. The molecule has 5 rings (SSSR count). The summed E-state index contributed by atoms with van der Waals surface area (Å²) in [5.74, 6) is 0.0584. The third kappa shape index (κ3) is 5.70. The van der Waals surface area contributed by atoms with Crippen LogP contribution in [0, 0.1) is 5.82 Å². The molecule has 1 aromatic heterocycles. The van der Waals surface area contributed by atoms with Gasteiger partial charge in [0.25, 0.3) is 5.91 Å². The molecule has 3 aromatic carbocycles. The Balaban J connectivity index is 1.29. The van der Waals surface area contributed by atoms with Gasteiger partial charge in [-0.2, -0.15) is 0 Å². The molecule has 37 heavy (non-hydrogen) atoms. The van der Waals surface area contributed by atoms with Crippen molar-refractivity contribution < 1.29 is 18.7 Å². The number of nitrogens with one attached hydrogen (secondary N) is 1. The van der Waals surface area contributed by atoms with Gasteiger partial charge in [0.2, 0.25) is 5.91 Å². The highest BCUT2D eigenvalue weighted by Crippen LogP contribution is 2.37. The van der Waals surface area contributed by atoms with Crippen molar-refractivity contribution >= 4 is 23.2 Å². The van der Waals surface area contributed by atoms with E-state index in [0.29, 0.717) is 29.5 Å². The van der Waals surface area contributed by atoms with Crippen molar-refractivity contribution in [3.05, 3.63) is 117 Å². The predicted octanol–water partition coefficient (Wildman–Crippen LogP) is 5.29. The van der Waals surface area contributed by atoms with Gasteiger partial charge in [-0.15, -0.1) is 11.3 Å². The van der Waals surface area contributed by atoms with Crippen molar-refractivity contribution in [1.29, 1.82) is 0 Å². The molecule has 188 valence electrons. The lowest BCUT2D eigenvalue weighted by Gasteiger charge is -2.37. The molecule has 1 aliphatic heterocycles. The fourth-order valence-electron chi connectivity index (χ4n) is 4.52. The van der Waals surface area contributed by atoms with Crippen LogP contribution in [0.15, 0.2) is 78.2 Å². The fourth-order valence-corrected chi connectivity index (χ4v) is 5.21. The average Bonchev–Trinajstić information content (AvgIpc) is 3.40. The van der Waals surface area contributed by atoms with E-state index in [1.54, 1.807) is 29.3 Å². The monoisotopic (exact) mass is 515 g/mol. The number of rotatable bonds is 7. The molecule has 0 saturated heterocycles. The quantitative estimate of drug-likeness (QED) is 0.363. The molecule has 1 N–H and O–H groups in total. The number of aromatic nitrogens is 1. The van der Waals surface area contributed by atoms with E-state index in [9.17, 15) is 14.0 Å². The first-order valence-corrected chi connectivity index (χ1v) is 12.9. The van der Waals surface area contributed by atoms with Gasteiger partial charge in [-0.1, -0.05) is 48.5 Å². The zero-order chi connectivity index (χ0) is 25.8. The summed E-state index contributed by atoms with van der Waals surface area (Å²) in [4.78, 5) is 31.1. The van der Waals surface area contributed by atoms with Crippen LogP contribution in [0.3, 0.4) is 0 Å². The number of carbonyl (C=O) groups excluding carboxylic acids is 2. The van der Waals surface area contributed by atoms with Crippen LogP contribution in [0.1, 0.15) is 50.7 Å². The van der Waals surface area contributed by atoms with Crippen LogP contribution in [0.25, 0.3) is 0 Å². The Morgan fingerprint density at radius 1 is 1.11 bits per heavy atom. The van der Waals surface area contributed by atoms with Crippen LogP contribution < -0.4 is 10.1 Å². The maximum absolute atomic E-state index is 13.6. The number of hydrogen-bond donors (Lipinski definition) is 1. The number of carbonyl (C=O) groups is 2. The summed E-state index contributed by atoms with van der Waals surface area (Å²) in [6, 6.07) is 21.5. The van der Waals surface area contributed by atoms with E-state index < -0.39 is 0 Å². The lowest BCUT2D eigenvalue weighted by molar-refractivity contribution is -0.130. The third-order valence-corrected chi connectivity index (χ3v) is 7.20. The van der Waals surface area contributed by atoms with Gasteiger partial charge in [0.05, 0.1) is 6.04 Å². The van der Waals surface area contributed by atoms with E-state index in [0.717, 1.165) is 28.7 Å². The number of amides is 2. The van der Waals surface area contributed by atoms with Crippen molar-refractivity contribution in [2.75, 3.05) is 6.54 Å². The number of nitrogens with zero attached hydrogens (tertiary/aromatic N) is 2. The zero-order valence-electron chi connectivity index (χ0n) is 20.3. The van der Waals surface area contributed by atoms with Gasteiger partial charge in [0, 0.05) is 25.4 Å². The van der Waals surface area contributed by atoms with E-state index in [1.807, 2.05) is 48.5 Å². The molecule has 0 fully saturated rings. The molecule has 1 unspecified atom stereocenters. The highest BCUT2D eigenvalue weighted by Gasteiger charge is 2.31. The van der Waals surface area contributed by atoms with Gasteiger partial charge in [0.15, 0.2) is 0 Å². The molecule has 2 heterocycles. The molecular weight excluding hydrogens is 489 g/mol. The normalized spacial score (nSPS) is 14.6. The predicted molar refractivity (Wildman–Crippen MR) is 140 cm³/mol. The second-order valence-electron chi connectivity index (χ2n) is 8.86. The molecule has 6 nitrogen and oxygen atoms in total. The Morgan fingerprint density at radius 3 is 2.65 bits per heavy atom. The molecule has 1 atom stereocenters. The summed E-state index contributed by atoms with van der Waals surface area (Å²) in [5, 5.41) is 5.29. The third-order valence-electron chi connectivity index (χ3n) is 6.38. The molecule has 0 radical (unpaired) electrons. The van der Waals surface area contributed by atoms with E-state index in [2.05, 4.69) is 10.3 Å². The topological polar surface area (TPSA) is 71.5 Å². The Kier molecular flexibility index (Phi) is 7.28. The Labute approximate surface area is 218 Å². The number of ether oxygens (including phenoxy) is 1.